The second kappa shape index (κ2) is 8.01. The molecule has 0 saturated carbocycles. The van der Waals surface area contributed by atoms with Crippen molar-refractivity contribution in [3.63, 3.8) is 0 Å². The fourth-order valence-corrected chi connectivity index (χ4v) is 4.07. The Labute approximate surface area is 180 Å². The zero-order chi connectivity index (χ0) is 22.2. The lowest BCUT2D eigenvalue weighted by molar-refractivity contribution is -0.384. The summed E-state index contributed by atoms with van der Waals surface area (Å²) in [6, 6.07) is 6.70. The quantitative estimate of drug-likeness (QED) is 0.581. The Morgan fingerprint density at radius 1 is 1.16 bits per heavy atom. The van der Waals surface area contributed by atoms with Crippen LogP contribution < -0.4 is 10.2 Å². The van der Waals surface area contributed by atoms with E-state index in [2.05, 4.69) is 20.2 Å². The number of ether oxygens (including phenoxy) is 1. The van der Waals surface area contributed by atoms with Crippen LogP contribution in [0.4, 0.5) is 27.8 Å². The molecule has 2 bridgehead atoms. The predicted molar refractivity (Wildman–Crippen MR) is 116 cm³/mol. The number of hydrogen-bond donors (Lipinski definition) is 1. The molecule has 0 aliphatic carbocycles. The number of fused-ring (bicyclic) bond motifs is 3. The number of nitrogens with one attached hydrogen (secondary N) is 1. The van der Waals surface area contributed by atoms with Gasteiger partial charge in [0.05, 0.1) is 11.0 Å². The lowest BCUT2D eigenvalue weighted by Crippen LogP contribution is -2.64. The molecule has 2 aromatic rings. The molecule has 1 unspecified atom stereocenters. The molecule has 31 heavy (non-hydrogen) atoms. The molecule has 3 aliphatic heterocycles. The van der Waals surface area contributed by atoms with Gasteiger partial charge in [0, 0.05) is 43.3 Å². The van der Waals surface area contributed by atoms with Crippen LogP contribution in [0.3, 0.4) is 0 Å². The first kappa shape index (κ1) is 20.8. The maximum absolute atomic E-state index is 12.6. The third-order valence-electron chi connectivity index (χ3n) is 5.45. The van der Waals surface area contributed by atoms with E-state index in [1.165, 1.54) is 6.07 Å². The Balaban J connectivity index is 1.56. The highest BCUT2D eigenvalue weighted by Crippen LogP contribution is 2.35. The third-order valence-corrected chi connectivity index (χ3v) is 5.45. The number of anilines is 3. The molecule has 164 valence electrons. The van der Waals surface area contributed by atoms with Crippen LogP contribution >= 0.6 is 0 Å². The van der Waals surface area contributed by atoms with Gasteiger partial charge in [0.2, 0.25) is 5.82 Å². The van der Waals surface area contributed by atoms with Crippen LogP contribution in [0, 0.1) is 10.1 Å². The molecule has 5 rings (SSSR count). The first-order valence-electron chi connectivity index (χ1n) is 10.3. The Morgan fingerprint density at radius 3 is 2.48 bits per heavy atom. The number of amides is 1. The van der Waals surface area contributed by atoms with Crippen molar-refractivity contribution in [1.29, 1.82) is 0 Å². The van der Waals surface area contributed by atoms with Gasteiger partial charge in [0.1, 0.15) is 11.4 Å². The van der Waals surface area contributed by atoms with Crippen LogP contribution in [0.5, 0.6) is 0 Å². The van der Waals surface area contributed by atoms with E-state index in [0.717, 1.165) is 12.8 Å². The van der Waals surface area contributed by atoms with E-state index >= 15 is 0 Å². The van der Waals surface area contributed by atoms with Crippen molar-refractivity contribution in [2.75, 3.05) is 23.3 Å². The summed E-state index contributed by atoms with van der Waals surface area (Å²) >= 11 is 0. The van der Waals surface area contributed by atoms with Crippen LogP contribution in [0.2, 0.25) is 0 Å². The Morgan fingerprint density at radius 2 is 1.87 bits per heavy atom. The van der Waals surface area contributed by atoms with E-state index < -0.39 is 10.5 Å². The highest BCUT2D eigenvalue weighted by Gasteiger charge is 2.43. The normalized spacial score (nSPS) is 20.5. The fraction of sp³-hybridized carbons (Fsp3) is 0.476. The molecule has 3 saturated heterocycles. The van der Waals surface area contributed by atoms with Crippen LogP contribution in [-0.2, 0) is 4.74 Å². The maximum atomic E-state index is 12.6. The minimum atomic E-state index is -0.541. The molecule has 1 N–H and O–H groups in total. The van der Waals surface area contributed by atoms with E-state index in [-0.39, 0.29) is 29.7 Å². The molecule has 2 aromatic heterocycles. The monoisotopic (exact) mass is 426 g/mol. The van der Waals surface area contributed by atoms with E-state index in [0.29, 0.717) is 24.6 Å². The summed E-state index contributed by atoms with van der Waals surface area (Å²) in [6.45, 7) is 6.74. The van der Waals surface area contributed by atoms with Gasteiger partial charge in [-0.1, -0.05) is 0 Å². The molecule has 10 heteroatoms. The minimum Gasteiger partial charge on any atom is -0.444 e. The molecular formula is C21H26N6O4. The second-order valence-corrected chi connectivity index (χ2v) is 8.83. The summed E-state index contributed by atoms with van der Waals surface area (Å²) in [5.41, 5.74) is 0.0260. The zero-order valence-electron chi connectivity index (χ0n) is 17.8. The van der Waals surface area contributed by atoms with Gasteiger partial charge in [-0.2, -0.15) is 0 Å². The van der Waals surface area contributed by atoms with Gasteiger partial charge in [-0.15, -0.1) is 0 Å². The zero-order valence-corrected chi connectivity index (χ0v) is 17.8. The average molecular weight is 426 g/mol. The van der Waals surface area contributed by atoms with Crippen molar-refractivity contribution >= 4 is 29.1 Å². The summed E-state index contributed by atoms with van der Waals surface area (Å²) in [7, 11) is 0. The molecule has 5 heterocycles. The Bertz CT molecular complexity index is 978. The highest BCUT2D eigenvalue weighted by atomic mass is 16.6. The number of nitro groups is 1. The van der Waals surface area contributed by atoms with Gasteiger partial charge in [-0.25, -0.2) is 9.78 Å². The molecule has 3 fully saturated rings. The fourth-order valence-electron chi connectivity index (χ4n) is 4.07. The van der Waals surface area contributed by atoms with Gasteiger partial charge in [0.25, 0.3) is 0 Å². The smallest absolute Gasteiger partial charge is 0.410 e. The molecule has 0 spiro atoms. The average Bonchev–Trinajstić information content (AvgIpc) is 2.73. The van der Waals surface area contributed by atoms with Crippen molar-refractivity contribution < 1.29 is 14.5 Å². The lowest BCUT2D eigenvalue weighted by Gasteiger charge is -2.51. The first-order chi connectivity index (χ1) is 14.7. The molecule has 0 aromatic carbocycles. The van der Waals surface area contributed by atoms with Gasteiger partial charge >= 0.3 is 11.8 Å². The van der Waals surface area contributed by atoms with E-state index in [1.54, 1.807) is 35.5 Å². The molecule has 0 radical (unpaired) electrons. The number of rotatable bonds is 4. The summed E-state index contributed by atoms with van der Waals surface area (Å²) in [4.78, 5) is 36.1. The predicted octanol–water partition coefficient (Wildman–Crippen LogP) is 3.72. The van der Waals surface area contributed by atoms with Crippen molar-refractivity contribution in [2.45, 2.75) is 51.3 Å². The topological polar surface area (TPSA) is 114 Å². The number of carbonyl (C=O) groups is 1. The molecular weight excluding hydrogens is 400 g/mol. The molecule has 1 amide bonds. The number of piperazine rings is 1. The second-order valence-electron chi connectivity index (χ2n) is 8.83. The van der Waals surface area contributed by atoms with Gasteiger partial charge in [-0.3, -0.25) is 15.1 Å². The Kier molecular flexibility index (Phi) is 5.38. The van der Waals surface area contributed by atoms with Crippen LogP contribution in [0.15, 0.2) is 36.7 Å². The van der Waals surface area contributed by atoms with Crippen LogP contribution in [0.1, 0.15) is 33.6 Å². The number of nitrogens with zero attached hydrogens (tertiary/aromatic N) is 5. The first-order valence-corrected chi connectivity index (χ1v) is 10.3. The SMILES string of the molecule is CC(C)(C)OC(=O)N1CC2CC[C@H]1CN2c1ccc([N+](=O)[O-])c(Nc2ccncc2)n1. The number of piperidine rings is 2. The lowest BCUT2D eigenvalue weighted by atomic mass is 9.91. The van der Waals surface area contributed by atoms with E-state index in [4.69, 9.17) is 4.74 Å². The van der Waals surface area contributed by atoms with E-state index in [9.17, 15) is 14.9 Å². The van der Waals surface area contributed by atoms with Gasteiger partial charge < -0.3 is 19.9 Å². The third kappa shape index (κ3) is 4.52. The minimum absolute atomic E-state index is 0.0217. The number of aromatic nitrogens is 2. The summed E-state index contributed by atoms with van der Waals surface area (Å²) in [5, 5.41) is 14.5. The van der Waals surface area contributed by atoms with Gasteiger partial charge in [0.15, 0.2) is 0 Å². The van der Waals surface area contributed by atoms with Crippen molar-refractivity contribution in [3.8, 4) is 0 Å². The number of hydrogen-bond acceptors (Lipinski definition) is 8. The Hall–Kier alpha value is -3.43. The van der Waals surface area contributed by atoms with Gasteiger partial charge in [-0.05, 0) is 51.8 Å². The number of pyridine rings is 2. The standard InChI is InChI=1S/C21H26N6O4/c1-21(2,3)31-20(28)26-13-15-4-5-16(26)12-25(15)18-7-6-17(27(29)30)19(24-18)23-14-8-10-22-11-9-14/h6-11,15-16H,4-5,12-13H2,1-3H3,(H,22,23,24)/t15?,16-/m0/s1. The molecule has 2 atom stereocenters. The molecule has 3 aliphatic rings. The largest absolute Gasteiger partial charge is 0.444 e. The van der Waals surface area contributed by atoms with E-state index in [1.807, 2.05) is 20.8 Å². The van der Waals surface area contributed by atoms with Crippen LogP contribution in [0.25, 0.3) is 0 Å². The summed E-state index contributed by atoms with van der Waals surface area (Å²) < 4.78 is 5.56. The van der Waals surface area contributed by atoms with Crippen LogP contribution in [-0.4, -0.2) is 56.7 Å². The van der Waals surface area contributed by atoms with Crippen molar-refractivity contribution in [1.82, 2.24) is 14.9 Å². The maximum Gasteiger partial charge on any atom is 0.410 e. The number of carbonyl (C=O) groups excluding carboxylic acids is 1. The summed E-state index contributed by atoms with van der Waals surface area (Å²) in [6.07, 6.45) is 4.74. The summed E-state index contributed by atoms with van der Waals surface area (Å²) in [5.74, 6) is 0.833. The van der Waals surface area contributed by atoms with Crippen molar-refractivity contribution in [3.05, 3.63) is 46.8 Å². The molecule has 10 nitrogen and oxygen atoms in total. The van der Waals surface area contributed by atoms with Crippen molar-refractivity contribution in [2.24, 2.45) is 0 Å². The highest BCUT2D eigenvalue weighted by molar-refractivity contribution is 5.70.